The number of nitrogens with one attached hydrogen (secondary N) is 1. The quantitative estimate of drug-likeness (QED) is 0.734. The van der Waals surface area contributed by atoms with Crippen LogP contribution in [0.2, 0.25) is 0 Å². The molecule has 0 aromatic rings. The Kier molecular flexibility index (Phi) is 7.01. The van der Waals surface area contributed by atoms with Crippen molar-refractivity contribution in [3.8, 4) is 0 Å². The summed E-state index contributed by atoms with van der Waals surface area (Å²) in [5, 5.41) is 3.60. The highest BCUT2D eigenvalue weighted by atomic mass is 16.2. The lowest BCUT2D eigenvalue weighted by atomic mass is 9.93. The third kappa shape index (κ3) is 3.55. The fraction of sp³-hybridized carbons (Fsp3) is 0.941. The van der Waals surface area contributed by atoms with Crippen molar-refractivity contribution >= 4 is 5.91 Å². The predicted octanol–water partition coefficient (Wildman–Crippen LogP) is 3.78. The SMILES string of the molecule is CCCC1NC(C(C)CC)C(=O)N1C(C)C(CC)CC. The molecule has 0 spiro atoms. The fourth-order valence-electron chi connectivity index (χ4n) is 3.49. The van der Waals surface area contributed by atoms with Crippen LogP contribution in [0.5, 0.6) is 0 Å². The number of carbonyl (C=O) groups excluding carboxylic acids is 1. The maximum atomic E-state index is 12.8. The summed E-state index contributed by atoms with van der Waals surface area (Å²) in [5.74, 6) is 1.36. The van der Waals surface area contributed by atoms with E-state index in [1.54, 1.807) is 0 Å². The summed E-state index contributed by atoms with van der Waals surface area (Å²) in [4.78, 5) is 15.0. The first-order valence-electron chi connectivity index (χ1n) is 8.59. The Morgan fingerprint density at radius 3 is 2.15 bits per heavy atom. The van der Waals surface area contributed by atoms with E-state index < -0.39 is 0 Å². The van der Waals surface area contributed by atoms with Crippen LogP contribution in [0.25, 0.3) is 0 Å². The van der Waals surface area contributed by atoms with Gasteiger partial charge < -0.3 is 4.90 Å². The fourth-order valence-corrected chi connectivity index (χ4v) is 3.49. The van der Waals surface area contributed by atoms with Crippen molar-refractivity contribution in [1.82, 2.24) is 10.2 Å². The third-order valence-electron chi connectivity index (χ3n) is 5.17. The van der Waals surface area contributed by atoms with E-state index in [1.165, 1.54) is 0 Å². The molecule has 0 bridgehead atoms. The van der Waals surface area contributed by atoms with Gasteiger partial charge >= 0.3 is 0 Å². The molecular formula is C17H34N2O. The van der Waals surface area contributed by atoms with Crippen LogP contribution < -0.4 is 5.32 Å². The summed E-state index contributed by atoms with van der Waals surface area (Å²) in [6, 6.07) is 0.365. The van der Waals surface area contributed by atoms with E-state index in [0.29, 0.717) is 23.8 Å². The normalized spacial score (nSPS) is 26.4. The van der Waals surface area contributed by atoms with Crippen LogP contribution in [0, 0.1) is 11.8 Å². The first-order valence-corrected chi connectivity index (χ1v) is 8.59. The molecule has 1 N–H and O–H groups in total. The molecule has 0 aromatic heterocycles. The van der Waals surface area contributed by atoms with Crippen molar-refractivity contribution in [1.29, 1.82) is 0 Å². The third-order valence-corrected chi connectivity index (χ3v) is 5.17. The van der Waals surface area contributed by atoms with Crippen molar-refractivity contribution in [2.45, 2.75) is 91.9 Å². The van der Waals surface area contributed by atoms with E-state index in [-0.39, 0.29) is 12.2 Å². The molecule has 1 amide bonds. The van der Waals surface area contributed by atoms with E-state index >= 15 is 0 Å². The van der Waals surface area contributed by atoms with E-state index in [4.69, 9.17) is 0 Å². The zero-order valence-electron chi connectivity index (χ0n) is 14.3. The Hall–Kier alpha value is -0.570. The zero-order valence-corrected chi connectivity index (χ0v) is 14.3. The molecule has 1 aliphatic heterocycles. The first-order chi connectivity index (χ1) is 9.51. The molecule has 0 radical (unpaired) electrons. The number of carbonyl (C=O) groups is 1. The second-order valence-electron chi connectivity index (χ2n) is 6.40. The van der Waals surface area contributed by atoms with Gasteiger partial charge in [0, 0.05) is 6.04 Å². The highest BCUT2D eigenvalue weighted by molar-refractivity contribution is 5.85. The molecule has 3 nitrogen and oxygen atoms in total. The van der Waals surface area contributed by atoms with E-state index in [2.05, 4.69) is 51.8 Å². The lowest BCUT2D eigenvalue weighted by Crippen LogP contribution is -2.46. The minimum atomic E-state index is 0.0216. The molecule has 1 saturated heterocycles. The summed E-state index contributed by atoms with van der Waals surface area (Å²) in [5.41, 5.74) is 0. The van der Waals surface area contributed by atoms with Gasteiger partial charge in [-0.2, -0.15) is 0 Å². The van der Waals surface area contributed by atoms with E-state index in [0.717, 1.165) is 32.1 Å². The Morgan fingerprint density at radius 1 is 1.10 bits per heavy atom. The monoisotopic (exact) mass is 282 g/mol. The highest BCUT2D eigenvalue weighted by Crippen LogP contribution is 2.28. The van der Waals surface area contributed by atoms with Gasteiger partial charge in [-0.3, -0.25) is 10.1 Å². The lowest BCUT2D eigenvalue weighted by Gasteiger charge is -2.35. The lowest BCUT2D eigenvalue weighted by molar-refractivity contribution is -0.134. The highest BCUT2D eigenvalue weighted by Gasteiger charge is 2.43. The summed E-state index contributed by atoms with van der Waals surface area (Å²) < 4.78 is 0. The van der Waals surface area contributed by atoms with Gasteiger partial charge in [0.25, 0.3) is 0 Å². The molecule has 0 aliphatic carbocycles. The van der Waals surface area contributed by atoms with Gasteiger partial charge in [0.1, 0.15) is 0 Å². The van der Waals surface area contributed by atoms with Crippen LogP contribution in [0.3, 0.4) is 0 Å². The number of hydrogen-bond donors (Lipinski definition) is 1. The molecule has 1 heterocycles. The van der Waals surface area contributed by atoms with Crippen LogP contribution in [0.4, 0.5) is 0 Å². The Morgan fingerprint density at radius 2 is 1.70 bits per heavy atom. The zero-order chi connectivity index (χ0) is 15.3. The summed E-state index contributed by atoms with van der Waals surface area (Å²) in [7, 11) is 0. The van der Waals surface area contributed by atoms with Gasteiger partial charge in [0.15, 0.2) is 0 Å². The van der Waals surface area contributed by atoms with Crippen molar-refractivity contribution in [2.24, 2.45) is 11.8 Å². The maximum absolute atomic E-state index is 12.8. The van der Waals surface area contributed by atoms with Gasteiger partial charge in [-0.25, -0.2) is 0 Å². The summed E-state index contributed by atoms with van der Waals surface area (Å²) in [6.45, 7) is 13.3. The number of amides is 1. The Bertz CT molecular complexity index is 301. The van der Waals surface area contributed by atoms with Crippen LogP contribution >= 0.6 is 0 Å². The first kappa shape index (κ1) is 17.5. The molecule has 1 rings (SSSR count). The second-order valence-corrected chi connectivity index (χ2v) is 6.40. The maximum Gasteiger partial charge on any atom is 0.241 e. The molecule has 118 valence electrons. The summed E-state index contributed by atoms with van der Waals surface area (Å²) in [6.07, 6.45) is 5.76. The average Bonchev–Trinajstić information content (AvgIpc) is 2.76. The van der Waals surface area contributed by atoms with Gasteiger partial charge in [0.05, 0.1) is 12.2 Å². The van der Waals surface area contributed by atoms with Crippen LogP contribution in [0.15, 0.2) is 0 Å². The number of hydrogen-bond acceptors (Lipinski definition) is 2. The van der Waals surface area contributed by atoms with Crippen molar-refractivity contribution in [2.75, 3.05) is 0 Å². The second kappa shape index (κ2) is 8.02. The topological polar surface area (TPSA) is 32.3 Å². The molecule has 1 fully saturated rings. The molecule has 0 saturated carbocycles. The van der Waals surface area contributed by atoms with Gasteiger partial charge in [-0.15, -0.1) is 0 Å². The predicted molar refractivity (Wildman–Crippen MR) is 85.5 cm³/mol. The minimum absolute atomic E-state index is 0.0216. The summed E-state index contributed by atoms with van der Waals surface area (Å²) >= 11 is 0. The minimum Gasteiger partial charge on any atom is -0.323 e. The van der Waals surface area contributed by atoms with Gasteiger partial charge in [0.2, 0.25) is 5.91 Å². The van der Waals surface area contributed by atoms with E-state index in [1.807, 2.05) is 0 Å². The molecule has 1 aliphatic rings. The van der Waals surface area contributed by atoms with Crippen molar-refractivity contribution < 1.29 is 4.79 Å². The molecule has 4 unspecified atom stereocenters. The average molecular weight is 282 g/mol. The van der Waals surface area contributed by atoms with Crippen LogP contribution in [-0.4, -0.2) is 29.1 Å². The van der Waals surface area contributed by atoms with Gasteiger partial charge in [-0.1, -0.05) is 60.3 Å². The Labute approximate surface area is 125 Å². The van der Waals surface area contributed by atoms with E-state index in [9.17, 15) is 4.79 Å². The van der Waals surface area contributed by atoms with Crippen LogP contribution in [0.1, 0.15) is 73.6 Å². The molecule has 3 heteroatoms. The van der Waals surface area contributed by atoms with Crippen molar-refractivity contribution in [3.63, 3.8) is 0 Å². The van der Waals surface area contributed by atoms with Gasteiger partial charge in [-0.05, 0) is 25.2 Å². The molecule has 0 aromatic carbocycles. The number of rotatable bonds is 8. The standard InChI is InChI=1S/C17H34N2O/c1-7-11-15-18-16(12(5)8-2)17(20)19(15)13(6)14(9-3)10-4/h12-16,18H,7-11H2,1-6H3. The Balaban J connectivity index is 2.91. The molecular weight excluding hydrogens is 248 g/mol. The smallest absolute Gasteiger partial charge is 0.241 e. The largest absolute Gasteiger partial charge is 0.323 e. The van der Waals surface area contributed by atoms with Crippen LogP contribution in [-0.2, 0) is 4.79 Å². The molecule has 4 atom stereocenters. The molecule has 20 heavy (non-hydrogen) atoms. The number of nitrogens with zero attached hydrogens (tertiary/aromatic N) is 1. The van der Waals surface area contributed by atoms with Crippen molar-refractivity contribution in [3.05, 3.63) is 0 Å².